The second-order valence-corrected chi connectivity index (χ2v) is 3.89. The van der Waals surface area contributed by atoms with E-state index in [1.807, 2.05) is 0 Å². The van der Waals surface area contributed by atoms with Gasteiger partial charge in [0.1, 0.15) is 11.7 Å². The minimum Gasteiger partial charge on any atom is -0.406 e. The van der Waals surface area contributed by atoms with Gasteiger partial charge in [0, 0.05) is 6.54 Å². The van der Waals surface area contributed by atoms with Crippen LogP contribution in [0.3, 0.4) is 0 Å². The Balaban J connectivity index is 2.85. The lowest BCUT2D eigenvalue weighted by atomic mass is 10.1. The molecular formula is C12H12F3NO2. The lowest BCUT2D eigenvalue weighted by molar-refractivity contribution is -0.274. The number of benzene rings is 1. The average Bonchev–Trinajstić information content (AvgIpc) is 2.24. The summed E-state index contributed by atoms with van der Waals surface area (Å²) in [6, 6.07) is 5.11. The molecule has 0 spiro atoms. The highest BCUT2D eigenvalue weighted by molar-refractivity contribution is 5.88. The largest absolute Gasteiger partial charge is 0.573 e. The summed E-state index contributed by atoms with van der Waals surface area (Å²) < 4.78 is 39.6. The molecule has 0 unspecified atom stereocenters. The number of likely N-dealkylation sites (N-methyl/N-ethyl adjacent to an activating group) is 1. The molecule has 6 heteroatoms. The van der Waals surface area contributed by atoms with Crippen molar-refractivity contribution in [3.8, 4) is 5.75 Å². The fourth-order valence-electron chi connectivity index (χ4n) is 1.36. The highest BCUT2D eigenvalue weighted by atomic mass is 19.4. The van der Waals surface area contributed by atoms with E-state index in [1.165, 1.54) is 12.1 Å². The standard InChI is InChI=1S/C12H12F3NO2/c1-16(2)7-10(8-17)9-3-5-11(6-4-9)18-12(13,14)15/h3-6H,7H2,1-2H3. The normalized spacial score (nSPS) is 11.2. The van der Waals surface area contributed by atoms with Crippen LogP contribution in [0.5, 0.6) is 5.75 Å². The van der Waals surface area contributed by atoms with Crippen LogP contribution in [0.1, 0.15) is 5.56 Å². The molecule has 0 radical (unpaired) electrons. The monoisotopic (exact) mass is 259 g/mol. The van der Waals surface area contributed by atoms with Gasteiger partial charge in [-0.2, -0.15) is 0 Å². The zero-order valence-corrected chi connectivity index (χ0v) is 9.91. The summed E-state index contributed by atoms with van der Waals surface area (Å²) in [7, 11) is 3.55. The van der Waals surface area contributed by atoms with Crippen molar-refractivity contribution < 1.29 is 22.7 Å². The molecule has 0 aliphatic carbocycles. The summed E-state index contributed by atoms with van der Waals surface area (Å²) in [6.45, 7) is 0.364. The van der Waals surface area contributed by atoms with E-state index < -0.39 is 6.36 Å². The fraction of sp³-hybridized carbons (Fsp3) is 0.333. The molecule has 0 aliphatic heterocycles. The molecule has 0 bridgehead atoms. The third-order valence-electron chi connectivity index (χ3n) is 2.03. The molecule has 0 fully saturated rings. The zero-order chi connectivity index (χ0) is 13.8. The van der Waals surface area contributed by atoms with Crippen molar-refractivity contribution in [2.75, 3.05) is 20.6 Å². The number of hydrogen-bond donors (Lipinski definition) is 0. The van der Waals surface area contributed by atoms with Crippen LogP contribution in [0.15, 0.2) is 24.3 Å². The van der Waals surface area contributed by atoms with Crippen molar-refractivity contribution in [3.63, 3.8) is 0 Å². The van der Waals surface area contributed by atoms with Crippen molar-refractivity contribution in [3.05, 3.63) is 29.8 Å². The summed E-state index contributed by atoms with van der Waals surface area (Å²) in [4.78, 5) is 12.5. The lowest BCUT2D eigenvalue weighted by Crippen LogP contribution is -2.17. The summed E-state index contributed by atoms with van der Waals surface area (Å²) >= 11 is 0. The highest BCUT2D eigenvalue weighted by Gasteiger charge is 2.30. The van der Waals surface area contributed by atoms with E-state index in [1.54, 1.807) is 24.9 Å². The average molecular weight is 259 g/mol. The number of rotatable bonds is 4. The zero-order valence-electron chi connectivity index (χ0n) is 9.91. The van der Waals surface area contributed by atoms with Crippen LogP contribution in [0.4, 0.5) is 13.2 Å². The first-order chi connectivity index (χ1) is 8.31. The quantitative estimate of drug-likeness (QED) is 0.777. The van der Waals surface area contributed by atoms with Gasteiger partial charge in [0.25, 0.3) is 0 Å². The molecule has 18 heavy (non-hydrogen) atoms. The number of carbonyl (C=O) groups excluding carboxylic acids is 1. The van der Waals surface area contributed by atoms with Crippen LogP contribution in [0.2, 0.25) is 0 Å². The van der Waals surface area contributed by atoms with Crippen LogP contribution in [0, 0.1) is 0 Å². The van der Waals surface area contributed by atoms with E-state index in [-0.39, 0.29) is 5.75 Å². The Morgan fingerprint density at radius 3 is 2.22 bits per heavy atom. The van der Waals surface area contributed by atoms with Crippen molar-refractivity contribution in [2.45, 2.75) is 6.36 Å². The Morgan fingerprint density at radius 1 is 1.28 bits per heavy atom. The van der Waals surface area contributed by atoms with Crippen molar-refractivity contribution in [1.82, 2.24) is 4.90 Å². The molecule has 0 N–H and O–H groups in total. The first kappa shape index (κ1) is 14.3. The Labute approximate surface area is 102 Å². The summed E-state index contributed by atoms with van der Waals surface area (Å²) in [5.74, 6) is 1.46. The Morgan fingerprint density at radius 2 is 1.83 bits per heavy atom. The van der Waals surface area contributed by atoms with Gasteiger partial charge in [0.15, 0.2) is 0 Å². The van der Waals surface area contributed by atoms with Gasteiger partial charge in [0.2, 0.25) is 0 Å². The highest BCUT2D eigenvalue weighted by Crippen LogP contribution is 2.24. The number of halogens is 3. The first-order valence-electron chi connectivity index (χ1n) is 5.06. The molecule has 0 atom stereocenters. The van der Waals surface area contributed by atoms with Gasteiger partial charge in [-0.05, 0) is 31.8 Å². The second kappa shape index (κ2) is 5.71. The minimum atomic E-state index is -4.71. The topological polar surface area (TPSA) is 29.5 Å². The summed E-state index contributed by atoms with van der Waals surface area (Å²) in [5, 5.41) is 0. The number of hydrogen-bond acceptors (Lipinski definition) is 3. The maximum Gasteiger partial charge on any atom is 0.573 e. The first-order valence-corrected chi connectivity index (χ1v) is 5.06. The molecule has 0 aromatic heterocycles. The van der Waals surface area contributed by atoms with Gasteiger partial charge >= 0.3 is 6.36 Å². The molecule has 0 heterocycles. The van der Waals surface area contributed by atoms with E-state index in [2.05, 4.69) is 4.74 Å². The molecule has 1 aromatic rings. The third-order valence-corrected chi connectivity index (χ3v) is 2.03. The van der Waals surface area contributed by atoms with Crippen LogP contribution >= 0.6 is 0 Å². The maximum atomic E-state index is 11.9. The smallest absolute Gasteiger partial charge is 0.406 e. The van der Waals surface area contributed by atoms with Gasteiger partial charge in [0.05, 0.1) is 5.57 Å². The summed E-state index contributed by atoms with van der Waals surface area (Å²) in [5.41, 5.74) is 0.895. The third kappa shape index (κ3) is 4.61. The predicted molar refractivity (Wildman–Crippen MR) is 60.8 cm³/mol. The van der Waals surface area contributed by atoms with Gasteiger partial charge in [-0.3, -0.25) is 0 Å². The molecule has 98 valence electrons. The van der Waals surface area contributed by atoms with E-state index >= 15 is 0 Å². The Kier molecular flexibility index (Phi) is 4.53. The van der Waals surface area contributed by atoms with E-state index in [0.29, 0.717) is 17.7 Å². The van der Waals surface area contributed by atoms with Crippen molar-refractivity contribution in [1.29, 1.82) is 0 Å². The lowest BCUT2D eigenvalue weighted by Gasteiger charge is -2.12. The second-order valence-electron chi connectivity index (χ2n) is 3.89. The van der Waals surface area contributed by atoms with Gasteiger partial charge in [-0.15, -0.1) is 13.2 Å². The van der Waals surface area contributed by atoms with Crippen LogP contribution in [0.25, 0.3) is 5.57 Å². The molecular weight excluding hydrogens is 247 g/mol. The maximum absolute atomic E-state index is 11.9. The van der Waals surface area contributed by atoms with Gasteiger partial charge in [-0.25, -0.2) is 4.79 Å². The van der Waals surface area contributed by atoms with Gasteiger partial charge in [-0.1, -0.05) is 12.1 Å². The predicted octanol–water partition coefficient (Wildman–Crippen LogP) is 2.36. The number of nitrogens with zero attached hydrogens (tertiary/aromatic N) is 1. The number of alkyl halides is 3. The molecule has 0 aliphatic rings. The molecule has 1 aromatic carbocycles. The number of ether oxygens (including phenoxy) is 1. The van der Waals surface area contributed by atoms with Crippen LogP contribution in [-0.2, 0) is 4.79 Å². The van der Waals surface area contributed by atoms with E-state index in [9.17, 15) is 18.0 Å². The van der Waals surface area contributed by atoms with Crippen LogP contribution in [-0.4, -0.2) is 37.8 Å². The van der Waals surface area contributed by atoms with E-state index in [4.69, 9.17) is 0 Å². The van der Waals surface area contributed by atoms with E-state index in [0.717, 1.165) is 12.1 Å². The molecule has 0 saturated heterocycles. The minimum absolute atomic E-state index is 0.318. The van der Waals surface area contributed by atoms with Crippen molar-refractivity contribution in [2.24, 2.45) is 0 Å². The van der Waals surface area contributed by atoms with Gasteiger partial charge < -0.3 is 9.64 Å². The Hall–Kier alpha value is -1.78. The fourth-order valence-corrected chi connectivity index (χ4v) is 1.36. The molecule has 0 amide bonds. The van der Waals surface area contributed by atoms with Crippen molar-refractivity contribution >= 4 is 11.5 Å². The Bertz CT molecular complexity index is 445. The summed E-state index contributed by atoms with van der Waals surface area (Å²) in [6.07, 6.45) is -4.71. The van der Waals surface area contributed by atoms with Crippen LogP contribution < -0.4 is 4.74 Å². The molecule has 0 saturated carbocycles. The molecule has 1 rings (SSSR count). The molecule has 3 nitrogen and oxygen atoms in total. The SMILES string of the molecule is CN(C)CC(=C=O)c1ccc(OC(F)(F)F)cc1.